The Morgan fingerprint density at radius 2 is 1.65 bits per heavy atom. The molecule has 1 N–H and O–H groups in total. The number of piperazine rings is 1. The lowest BCUT2D eigenvalue weighted by Gasteiger charge is -2.42. The van der Waals surface area contributed by atoms with E-state index in [0.717, 1.165) is 17.5 Å². The second-order valence-corrected chi connectivity index (χ2v) is 16.5. The molecule has 3 aliphatic heterocycles. The number of benzene rings is 1. The van der Waals surface area contributed by atoms with Crippen molar-refractivity contribution >= 4 is 55.3 Å². The molecule has 13 nitrogen and oxygen atoms in total. The molecule has 0 unspecified atom stereocenters. The van der Waals surface area contributed by atoms with Crippen LogP contribution in [0.3, 0.4) is 0 Å². The predicted molar refractivity (Wildman–Crippen MR) is 190 cm³/mol. The molecule has 0 spiro atoms. The summed E-state index contributed by atoms with van der Waals surface area (Å²) in [7, 11) is 0. The number of hydrogen-bond acceptors (Lipinski definition) is 12. The first-order valence-corrected chi connectivity index (χ1v) is 18.1. The second kappa shape index (κ2) is 13.6. The summed E-state index contributed by atoms with van der Waals surface area (Å²) in [5.41, 5.74) is -1.94. The number of amides is 2. The third-order valence-electron chi connectivity index (χ3n) is 9.13. The molecule has 2 fully saturated rings. The number of nitrogens with zero attached hydrogens (tertiary/aromatic N) is 6. The molecular formula is C36H36F5N7O6S. The van der Waals surface area contributed by atoms with Crippen LogP contribution in [0.2, 0.25) is 0 Å². The Hall–Kier alpha value is -5.09. The Balaban J connectivity index is 1.41. The van der Waals surface area contributed by atoms with E-state index in [0.29, 0.717) is 18.4 Å². The van der Waals surface area contributed by atoms with Gasteiger partial charge in [0.1, 0.15) is 33.6 Å². The first-order chi connectivity index (χ1) is 25.7. The van der Waals surface area contributed by atoms with Gasteiger partial charge in [0.05, 0.1) is 40.8 Å². The summed E-state index contributed by atoms with van der Waals surface area (Å²) in [6, 6.07) is 0.497. The van der Waals surface area contributed by atoms with E-state index in [2.05, 4.69) is 20.3 Å². The zero-order valence-electron chi connectivity index (χ0n) is 30.6. The first-order valence-electron chi connectivity index (χ1n) is 17.3. The molecule has 55 heavy (non-hydrogen) atoms. The van der Waals surface area contributed by atoms with Gasteiger partial charge in [0, 0.05) is 36.1 Å². The van der Waals surface area contributed by atoms with Crippen LogP contribution in [0.25, 0.3) is 32.2 Å². The molecule has 0 saturated carbocycles. The number of carbonyl (C=O) groups excluding carboxylic acids is 2. The highest BCUT2D eigenvalue weighted by atomic mass is 32.1. The third kappa shape index (κ3) is 7.36. The number of ether oxygens (including phenoxy) is 4. The normalized spacial score (nSPS) is 18.4. The van der Waals surface area contributed by atoms with Crippen LogP contribution >= 0.6 is 11.3 Å². The highest BCUT2D eigenvalue weighted by molar-refractivity contribution is 7.23. The second-order valence-electron chi connectivity index (χ2n) is 15.5. The zero-order valence-corrected chi connectivity index (χ0v) is 31.4. The van der Waals surface area contributed by atoms with Gasteiger partial charge in [-0.3, -0.25) is 10.3 Å². The molecule has 0 aliphatic carbocycles. The van der Waals surface area contributed by atoms with E-state index in [1.165, 1.54) is 0 Å². The Kier molecular flexibility index (Phi) is 9.43. The fourth-order valence-electron chi connectivity index (χ4n) is 7.21. The average molecular weight is 790 g/mol. The Morgan fingerprint density at radius 1 is 1.00 bits per heavy atom. The molecule has 3 aliphatic rings. The number of carbonyl (C=O) groups is 2. The van der Waals surface area contributed by atoms with Crippen molar-refractivity contribution in [3.8, 4) is 23.3 Å². The van der Waals surface area contributed by atoms with Gasteiger partial charge in [0.2, 0.25) is 0 Å². The fourth-order valence-corrected chi connectivity index (χ4v) is 8.25. The predicted octanol–water partition coefficient (Wildman–Crippen LogP) is 7.96. The molecule has 2 atom stereocenters. The summed E-state index contributed by atoms with van der Waals surface area (Å²) in [6.07, 6.45) is -4.15. The standard InChI is InChI=1S/C36H36F5N7O6S/c1-34(2,3)53-32(49)46-30-18(9-42)23-26(43-10-21(37)28(23)55-30)22-19-13-51-14-20(19)24-27(25(22)38)44-31(52-15-36(39,40)41)45-29(24)48-16-7-8-17(48)12-47(11-16)33(50)54-35(4,5)6/h10,16-17H,7-8,11-15H2,1-6H3,(H,46,49)/t16-,17+. The number of halogens is 5. The number of fused-ring (bicyclic) bond motifs is 6. The van der Waals surface area contributed by atoms with Gasteiger partial charge < -0.3 is 28.7 Å². The fraction of sp³-hybridized carbons (Fsp3) is 0.500. The summed E-state index contributed by atoms with van der Waals surface area (Å²) in [5.74, 6) is -1.78. The maximum Gasteiger partial charge on any atom is 0.422 e. The van der Waals surface area contributed by atoms with Crippen LogP contribution in [0, 0.1) is 23.0 Å². The summed E-state index contributed by atoms with van der Waals surface area (Å²) < 4.78 is 94.7. The minimum absolute atomic E-state index is 0.0672. The third-order valence-corrected chi connectivity index (χ3v) is 10.2. The van der Waals surface area contributed by atoms with Crippen molar-refractivity contribution < 1.29 is 50.5 Å². The molecule has 19 heteroatoms. The van der Waals surface area contributed by atoms with E-state index < -0.39 is 59.3 Å². The van der Waals surface area contributed by atoms with E-state index in [-0.39, 0.29) is 87.1 Å². The van der Waals surface area contributed by atoms with Crippen molar-refractivity contribution in [1.82, 2.24) is 19.9 Å². The number of thiophene rings is 1. The van der Waals surface area contributed by atoms with Crippen molar-refractivity contribution in [2.75, 3.05) is 29.9 Å². The van der Waals surface area contributed by atoms with Crippen molar-refractivity contribution in [3.05, 3.63) is 34.5 Å². The lowest BCUT2D eigenvalue weighted by molar-refractivity contribution is -0.154. The average Bonchev–Trinajstić information content (AvgIpc) is 3.76. The van der Waals surface area contributed by atoms with E-state index in [4.69, 9.17) is 18.9 Å². The van der Waals surface area contributed by atoms with E-state index >= 15 is 8.78 Å². The van der Waals surface area contributed by atoms with Crippen molar-refractivity contribution in [1.29, 1.82) is 5.26 Å². The molecule has 2 saturated heterocycles. The van der Waals surface area contributed by atoms with Crippen molar-refractivity contribution in [3.63, 3.8) is 0 Å². The molecule has 292 valence electrons. The molecule has 4 aromatic rings. The highest BCUT2D eigenvalue weighted by Crippen LogP contribution is 2.48. The molecular weight excluding hydrogens is 753 g/mol. The zero-order chi connectivity index (χ0) is 39.8. The number of nitriles is 1. The van der Waals surface area contributed by atoms with Gasteiger partial charge in [-0.2, -0.15) is 28.4 Å². The Labute approximate surface area is 315 Å². The lowest BCUT2D eigenvalue weighted by Crippen LogP contribution is -2.56. The van der Waals surface area contributed by atoms with Gasteiger partial charge in [-0.15, -0.1) is 11.3 Å². The monoisotopic (exact) mass is 789 g/mol. The number of anilines is 2. The summed E-state index contributed by atoms with van der Waals surface area (Å²) in [5, 5.41) is 12.8. The van der Waals surface area contributed by atoms with Crippen LogP contribution in [-0.4, -0.2) is 81.2 Å². The van der Waals surface area contributed by atoms with Crippen LogP contribution in [0.15, 0.2) is 6.20 Å². The van der Waals surface area contributed by atoms with Gasteiger partial charge in [-0.05, 0) is 65.5 Å². The van der Waals surface area contributed by atoms with Crippen LogP contribution in [0.5, 0.6) is 6.01 Å². The van der Waals surface area contributed by atoms with Crippen molar-refractivity contribution in [2.24, 2.45) is 0 Å². The molecule has 3 aromatic heterocycles. The Morgan fingerprint density at radius 3 is 2.27 bits per heavy atom. The molecule has 1 aromatic carbocycles. The van der Waals surface area contributed by atoms with E-state index in [1.807, 2.05) is 11.0 Å². The number of aromatic nitrogens is 3. The van der Waals surface area contributed by atoms with Gasteiger partial charge >= 0.3 is 24.4 Å². The number of rotatable bonds is 5. The molecule has 2 bridgehead atoms. The minimum atomic E-state index is -4.77. The topological polar surface area (TPSA) is 152 Å². The van der Waals surface area contributed by atoms with Crippen LogP contribution in [-0.2, 0) is 27.4 Å². The summed E-state index contributed by atoms with van der Waals surface area (Å²) >= 11 is 0.727. The minimum Gasteiger partial charge on any atom is -0.454 e. The molecule has 0 radical (unpaired) electrons. The van der Waals surface area contributed by atoms with Gasteiger partial charge in [-0.1, -0.05) is 0 Å². The Bertz CT molecular complexity index is 2270. The maximum absolute atomic E-state index is 17.4. The van der Waals surface area contributed by atoms with Crippen LogP contribution in [0.4, 0.5) is 42.4 Å². The number of alkyl halides is 3. The molecule has 7 rings (SSSR count). The van der Waals surface area contributed by atoms with E-state index in [1.54, 1.807) is 46.4 Å². The van der Waals surface area contributed by atoms with Gasteiger partial charge in [0.25, 0.3) is 0 Å². The largest absolute Gasteiger partial charge is 0.454 e. The number of pyridine rings is 1. The first kappa shape index (κ1) is 38.2. The van der Waals surface area contributed by atoms with Crippen LogP contribution in [0.1, 0.15) is 71.1 Å². The number of hydrogen-bond donors (Lipinski definition) is 1. The quantitative estimate of drug-likeness (QED) is 0.196. The van der Waals surface area contributed by atoms with Crippen molar-refractivity contribution in [2.45, 2.75) is 97.1 Å². The SMILES string of the molecule is CC(C)(C)OC(=O)Nc1sc2c(F)cnc(-c3c4c(c5c(N6[C@@H]7CC[C@H]6CN(C(=O)OC(C)(C)C)C7)nc(OCC(F)(F)F)nc5c3F)COC4)c2c1C#N. The number of likely N-dealkylation sites (tertiary alicyclic amines) is 1. The van der Waals surface area contributed by atoms with Gasteiger partial charge in [-0.25, -0.2) is 18.4 Å². The highest BCUT2D eigenvalue weighted by Gasteiger charge is 2.45. The number of nitrogens with one attached hydrogen (secondary N) is 1. The molecule has 2 amide bonds. The lowest BCUT2D eigenvalue weighted by atomic mass is 9.93. The van der Waals surface area contributed by atoms with E-state index in [9.17, 15) is 28.0 Å². The summed E-state index contributed by atoms with van der Waals surface area (Å²) in [4.78, 5) is 42.0. The summed E-state index contributed by atoms with van der Waals surface area (Å²) in [6.45, 7) is 8.62. The van der Waals surface area contributed by atoms with Gasteiger partial charge in [0.15, 0.2) is 18.2 Å². The molecule has 6 heterocycles. The maximum atomic E-state index is 17.4. The van der Waals surface area contributed by atoms with Crippen LogP contribution < -0.4 is 15.0 Å². The smallest absolute Gasteiger partial charge is 0.422 e.